The maximum atomic E-state index is 13.5. The molecule has 0 aromatic heterocycles. The highest BCUT2D eigenvalue weighted by atomic mass is 16.5. The fourth-order valence-corrected chi connectivity index (χ4v) is 6.81. The summed E-state index contributed by atoms with van der Waals surface area (Å²) in [4.78, 5) is 29.9. The SMILES string of the molecule is Cc1cccc(OCC(=O)N2CCN(C(=O)C34CC5CC(CC(C5)C3)C4)CC2)c1. The predicted molar refractivity (Wildman–Crippen MR) is 110 cm³/mol. The van der Waals surface area contributed by atoms with E-state index in [1.54, 1.807) is 0 Å². The summed E-state index contributed by atoms with van der Waals surface area (Å²) in [5.74, 6) is 3.48. The lowest BCUT2D eigenvalue weighted by Crippen LogP contribution is -2.58. The van der Waals surface area contributed by atoms with Crippen molar-refractivity contribution in [2.75, 3.05) is 32.8 Å². The zero-order chi connectivity index (χ0) is 20.0. The molecular formula is C24H32N2O3. The lowest BCUT2D eigenvalue weighted by Gasteiger charge is -2.57. The van der Waals surface area contributed by atoms with Crippen molar-refractivity contribution in [3.63, 3.8) is 0 Å². The monoisotopic (exact) mass is 396 g/mol. The second kappa shape index (κ2) is 7.33. The highest BCUT2D eigenvalue weighted by Gasteiger charge is 2.55. The number of carbonyl (C=O) groups is 2. The van der Waals surface area contributed by atoms with Crippen LogP contribution in [0.4, 0.5) is 0 Å². The van der Waals surface area contributed by atoms with Gasteiger partial charge in [0, 0.05) is 26.2 Å². The van der Waals surface area contributed by atoms with Gasteiger partial charge in [-0.05, 0) is 80.9 Å². The number of benzene rings is 1. The van der Waals surface area contributed by atoms with Gasteiger partial charge in [-0.2, -0.15) is 0 Å². The molecular weight excluding hydrogens is 364 g/mol. The van der Waals surface area contributed by atoms with Gasteiger partial charge in [0.15, 0.2) is 6.61 Å². The second-order valence-corrected chi connectivity index (χ2v) is 9.98. The minimum absolute atomic E-state index is 0.00779. The number of nitrogens with zero attached hydrogens (tertiary/aromatic N) is 2. The van der Waals surface area contributed by atoms with Gasteiger partial charge >= 0.3 is 0 Å². The Bertz CT molecular complexity index is 762. The first-order valence-electron chi connectivity index (χ1n) is 11.3. The van der Waals surface area contributed by atoms with Crippen molar-refractivity contribution in [3.05, 3.63) is 29.8 Å². The van der Waals surface area contributed by atoms with Crippen molar-refractivity contribution in [2.45, 2.75) is 45.4 Å². The smallest absolute Gasteiger partial charge is 0.260 e. The third-order valence-corrected chi connectivity index (χ3v) is 7.76. The van der Waals surface area contributed by atoms with Gasteiger partial charge < -0.3 is 14.5 Å². The summed E-state index contributed by atoms with van der Waals surface area (Å²) in [6.07, 6.45) is 7.41. The molecule has 5 nitrogen and oxygen atoms in total. The minimum atomic E-state index is -0.0742. The van der Waals surface area contributed by atoms with Gasteiger partial charge in [-0.1, -0.05) is 12.1 Å². The molecule has 1 aliphatic heterocycles. The average molecular weight is 397 g/mol. The van der Waals surface area contributed by atoms with Crippen LogP contribution in [0.3, 0.4) is 0 Å². The molecule has 6 rings (SSSR count). The normalized spacial score (nSPS) is 33.1. The Morgan fingerprint density at radius 1 is 0.966 bits per heavy atom. The number of rotatable bonds is 4. The molecule has 5 aliphatic rings. The van der Waals surface area contributed by atoms with Gasteiger partial charge in [-0.3, -0.25) is 9.59 Å². The van der Waals surface area contributed by atoms with Crippen molar-refractivity contribution in [3.8, 4) is 5.75 Å². The molecule has 156 valence electrons. The molecule has 0 radical (unpaired) electrons. The first kappa shape index (κ1) is 19.0. The summed E-state index contributed by atoms with van der Waals surface area (Å²) in [5, 5.41) is 0. The molecule has 0 N–H and O–H groups in total. The molecule has 0 spiro atoms. The average Bonchev–Trinajstić information content (AvgIpc) is 2.71. The molecule has 5 heteroatoms. The summed E-state index contributed by atoms with van der Waals surface area (Å²) in [7, 11) is 0. The Kier molecular flexibility index (Phi) is 4.79. The van der Waals surface area contributed by atoms with E-state index in [0.717, 1.165) is 48.3 Å². The Hall–Kier alpha value is -2.04. The van der Waals surface area contributed by atoms with Crippen LogP contribution in [0.25, 0.3) is 0 Å². The fourth-order valence-electron chi connectivity index (χ4n) is 6.81. The van der Waals surface area contributed by atoms with Crippen molar-refractivity contribution in [1.29, 1.82) is 0 Å². The van der Waals surface area contributed by atoms with E-state index in [2.05, 4.69) is 4.90 Å². The van der Waals surface area contributed by atoms with Gasteiger partial charge in [0.25, 0.3) is 5.91 Å². The molecule has 1 heterocycles. The molecule has 4 aliphatic carbocycles. The van der Waals surface area contributed by atoms with Crippen LogP contribution in [0.15, 0.2) is 24.3 Å². The number of carbonyl (C=O) groups excluding carboxylic acids is 2. The van der Waals surface area contributed by atoms with Crippen LogP contribution in [-0.4, -0.2) is 54.4 Å². The van der Waals surface area contributed by atoms with E-state index < -0.39 is 0 Å². The molecule has 1 aromatic rings. The third-order valence-electron chi connectivity index (χ3n) is 7.76. The van der Waals surface area contributed by atoms with Crippen LogP contribution in [0, 0.1) is 30.1 Å². The van der Waals surface area contributed by atoms with Crippen LogP contribution < -0.4 is 4.74 Å². The minimum Gasteiger partial charge on any atom is -0.484 e. The zero-order valence-electron chi connectivity index (χ0n) is 17.4. The molecule has 5 fully saturated rings. The van der Waals surface area contributed by atoms with E-state index >= 15 is 0 Å². The van der Waals surface area contributed by atoms with Crippen molar-refractivity contribution < 1.29 is 14.3 Å². The van der Waals surface area contributed by atoms with Gasteiger partial charge in [0.2, 0.25) is 5.91 Å². The van der Waals surface area contributed by atoms with Crippen LogP contribution in [0.2, 0.25) is 0 Å². The lowest BCUT2D eigenvalue weighted by molar-refractivity contribution is -0.160. The quantitative estimate of drug-likeness (QED) is 0.785. The van der Waals surface area contributed by atoms with Gasteiger partial charge in [0.05, 0.1) is 5.41 Å². The number of ether oxygens (including phenoxy) is 1. The summed E-state index contributed by atoms with van der Waals surface area (Å²) in [6, 6.07) is 7.76. The Balaban J connectivity index is 1.14. The standard InChI is InChI=1S/C24H32N2O3/c1-17-3-2-4-21(9-17)29-16-22(27)25-5-7-26(8-6-25)23(28)24-13-18-10-19(14-24)12-20(11-18)15-24/h2-4,9,18-20H,5-8,10-16H2,1H3. The zero-order valence-corrected chi connectivity index (χ0v) is 17.4. The fraction of sp³-hybridized carbons (Fsp3) is 0.667. The summed E-state index contributed by atoms with van der Waals surface area (Å²) in [5.41, 5.74) is 1.04. The Morgan fingerprint density at radius 2 is 1.55 bits per heavy atom. The second-order valence-electron chi connectivity index (χ2n) is 9.98. The highest BCUT2D eigenvalue weighted by molar-refractivity contribution is 5.84. The number of aryl methyl sites for hydroxylation is 1. The third kappa shape index (κ3) is 3.64. The summed E-state index contributed by atoms with van der Waals surface area (Å²) in [6.45, 7) is 4.64. The van der Waals surface area contributed by atoms with E-state index in [0.29, 0.717) is 32.1 Å². The predicted octanol–water partition coefficient (Wildman–Crippen LogP) is 3.26. The van der Waals surface area contributed by atoms with Gasteiger partial charge in [-0.25, -0.2) is 0 Å². The molecule has 0 unspecified atom stereocenters. The molecule has 29 heavy (non-hydrogen) atoms. The van der Waals surface area contributed by atoms with E-state index in [1.165, 1.54) is 19.3 Å². The van der Waals surface area contributed by atoms with Crippen LogP contribution in [0.1, 0.15) is 44.1 Å². The maximum absolute atomic E-state index is 13.5. The van der Waals surface area contributed by atoms with Crippen molar-refractivity contribution >= 4 is 11.8 Å². The molecule has 1 aromatic carbocycles. The number of hydrogen-bond donors (Lipinski definition) is 0. The number of amides is 2. The molecule has 4 saturated carbocycles. The Labute approximate surface area is 173 Å². The molecule has 2 amide bonds. The van der Waals surface area contributed by atoms with E-state index in [4.69, 9.17) is 4.74 Å². The van der Waals surface area contributed by atoms with E-state index in [-0.39, 0.29) is 17.9 Å². The van der Waals surface area contributed by atoms with Crippen LogP contribution in [-0.2, 0) is 9.59 Å². The summed E-state index contributed by atoms with van der Waals surface area (Å²) < 4.78 is 5.67. The van der Waals surface area contributed by atoms with Gasteiger partial charge in [0.1, 0.15) is 5.75 Å². The number of hydrogen-bond acceptors (Lipinski definition) is 3. The van der Waals surface area contributed by atoms with E-state index in [9.17, 15) is 9.59 Å². The van der Waals surface area contributed by atoms with Crippen molar-refractivity contribution in [1.82, 2.24) is 9.80 Å². The number of piperazine rings is 1. The highest BCUT2D eigenvalue weighted by Crippen LogP contribution is 2.60. The Morgan fingerprint density at radius 3 is 2.14 bits per heavy atom. The largest absolute Gasteiger partial charge is 0.484 e. The lowest BCUT2D eigenvalue weighted by atomic mass is 9.49. The molecule has 4 bridgehead atoms. The molecule has 1 saturated heterocycles. The first-order valence-corrected chi connectivity index (χ1v) is 11.3. The topological polar surface area (TPSA) is 49.9 Å². The van der Waals surface area contributed by atoms with Gasteiger partial charge in [-0.15, -0.1) is 0 Å². The van der Waals surface area contributed by atoms with Crippen LogP contribution >= 0.6 is 0 Å². The van der Waals surface area contributed by atoms with Crippen molar-refractivity contribution in [2.24, 2.45) is 23.2 Å². The molecule has 0 atom stereocenters. The van der Waals surface area contributed by atoms with Crippen LogP contribution in [0.5, 0.6) is 5.75 Å². The summed E-state index contributed by atoms with van der Waals surface area (Å²) >= 11 is 0. The maximum Gasteiger partial charge on any atom is 0.260 e. The first-order chi connectivity index (χ1) is 14.0. The van der Waals surface area contributed by atoms with E-state index in [1.807, 2.05) is 36.1 Å².